The third-order valence-electron chi connectivity index (χ3n) is 5.16. The molecule has 1 aromatic rings. The minimum atomic E-state index is -3.12. The molecule has 1 aromatic heterocycles. The second kappa shape index (κ2) is 8.69. The molecule has 0 saturated carbocycles. The maximum atomic E-state index is 12.5. The van der Waals surface area contributed by atoms with Crippen molar-refractivity contribution in [2.75, 3.05) is 45.0 Å². The zero-order valence-electron chi connectivity index (χ0n) is 15.3. The minimum Gasteiger partial charge on any atom is -0.335 e. The number of carbonyl (C=O) groups is 1. The Morgan fingerprint density at radius 3 is 2.46 bits per heavy atom. The first-order valence-corrected chi connectivity index (χ1v) is 11.7. The van der Waals surface area contributed by atoms with Gasteiger partial charge in [0.05, 0.1) is 5.75 Å². The summed E-state index contributed by atoms with van der Waals surface area (Å²) < 4.78 is 25.3. The second-order valence-electron chi connectivity index (χ2n) is 6.87. The Morgan fingerprint density at radius 1 is 1.19 bits per heavy atom. The van der Waals surface area contributed by atoms with Gasteiger partial charge in [0.25, 0.3) is 0 Å². The van der Waals surface area contributed by atoms with Gasteiger partial charge in [-0.05, 0) is 31.2 Å². The van der Waals surface area contributed by atoms with Crippen LogP contribution in [0.25, 0.3) is 0 Å². The topological polar surface area (TPSA) is 73.0 Å². The fourth-order valence-electron chi connectivity index (χ4n) is 3.46. The van der Waals surface area contributed by atoms with E-state index in [0.717, 1.165) is 32.7 Å². The standard InChI is InChI=1S/C17H28N4O3S2/c1-2-26(23,24)21-7-5-15(6-8-21)18-17(22)20-11-9-19(10-12-20)14-16-4-3-13-25-16/h3-4,13,15H,2,5-12,14H2,1H3,(H,18,22). The number of thiophene rings is 1. The Morgan fingerprint density at radius 2 is 1.88 bits per heavy atom. The number of carbonyl (C=O) groups excluding carboxylic acids is 1. The predicted octanol–water partition coefficient (Wildman–Crippen LogP) is 1.39. The zero-order chi connectivity index (χ0) is 18.6. The highest BCUT2D eigenvalue weighted by atomic mass is 32.2. The van der Waals surface area contributed by atoms with Crippen molar-refractivity contribution in [3.63, 3.8) is 0 Å². The van der Waals surface area contributed by atoms with Crippen LogP contribution in [0.3, 0.4) is 0 Å². The van der Waals surface area contributed by atoms with Crippen molar-refractivity contribution in [2.45, 2.75) is 32.4 Å². The number of piperazine rings is 1. The van der Waals surface area contributed by atoms with E-state index in [4.69, 9.17) is 0 Å². The van der Waals surface area contributed by atoms with Gasteiger partial charge in [-0.3, -0.25) is 4.90 Å². The van der Waals surface area contributed by atoms with Gasteiger partial charge in [0.2, 0.25) is 10.0 Å². The van der Waals surface area contributed by atoms with E-state index in [2.05, 4.69) is 27.7 Å². The molecule has 7 nitrogen and oxygen atoms in total. The van der Waals surface area contributed by atoms with Gasteiger partial charge >= 0.3 is 6.03 Å². The van der Waals surface area contributed by atoms with E-state index in [1.807, 2.05) is 4.90 Å². The summed E-state index contributed by atoms with van der Waals surface area (Å²) in [5.74, 6) is 0.139. The third-order valence-corrected chi connectivity index (χ3v) is 7.90. The lowest BCUT2D eigenvalue weighted by molar-refractivity contribution is 0.131. The molecule has 0 bridgehead atoms. The fourth-order valence-corrected chi connectivity index (χ4v) is 5.34. The van der Waals surface area contributed by atoms with E-state index in [1.165, 1.54) is 4.88 Å². The molecule has 3 heterocycles. The van der Waals surface area contributed by atoms with Crippen LogP contribution in [0.4, 0.5) is 4.79 Å². The van der Waals surface area contributed by atoms with Crippen molar-refractivity contribution in [2.24, 2.45) is 0 Å². The van der Waals surface area contributed by atoms with Crippen molar-refractivity contribution in [1.29, 1.82) is 0 Å². The summed E-state index contributed by atoms with van der Waals surface area (Å²) in [4.78, 5) is 18.1. The SMILES string of the molecule is CCS(=O)(=O)N1CCC(NC(=O)N2CCN(Cc3cccs3)CC2)CC1. The fraction of sp³-hybridized carbons (Fsp3) is 0.706. The van der Waals surface area contributed by atoms with Crippen molar-refractivity contribution < 1.29 is 13.2 Å². The monoisotopic (exact) mass is 400 g/mol. The third kappa shape index (κ3) is 4.97. The van der Waals surface area contributed by atoms with E-state index in [1.54, 1.807) is 22.6 Å². The molecule has 1 N–H and O–H groups in total. The first kappa shape index (κ1) is 19.6. The summed E-state index contributed by atoms with van der Waals surface area (Å²) in [5.41, 5.74) is 0. The summed E-state index contributed by atoms with van der Waals surface area (Å²) in [7, 11) is -3.12. The molecule has 146 valence electrons. The highest BCUT2D eigenvalue weighted by molar-refractivity contribution is 7.89. The van der Waals surface area contributed by atoms with Gasteiger partial charge in [0.1, 0.15) is 0 Å². The summed E-state index contributed by atoms with van der Waals surface area (Å²) in [6.07, 6.45) is 1.37. The molecule has 2 fully saturated rings. The quantitative estimate of drug-likeness (QED) is 0.811. The van der Waals surface area contributed by atoms with Gasteiger partial charge in [-0.2, -0.15) is 0 Å². The van der Waals surface area contributed by atoms with Crippen LogP contribution in [0.15, 0.2) is 17.5 Å². The number of piperidine rings is 1. The smallest absolute Gasteiger partial charge is 0.317 e. The molecule has 0 aliphatic carbocycles. The average molecular weight is 401 g/mol. The zero-order valence-corrected chi connectivity index (χ0v) is 16.9. The van der Waals surface area contributed by atoms with Crippen molar-refractivity contribution in [3.8, 4) is 0 Å². The Hall–Kier alpha value is -1.16. The summed E-state index contributed by atoms with van der Waals surface area (Å²) >= 11 is 1.77. The first-order valence-electron chi connectivity index (χ1n) is 9.26. The molecule has 2 saturated heterocycles. The molecule has 9 heteroatoms. The van der Waals surface area contributed by atoms with Crippen molar-refractivity contribution in [3.05, 3.63) is 22.4 Å². The number of sulfonamides is 1. The van der Waals surface area contributed by atoms with Crippen LogP contribution in [0.2, 0.25) is 0 Å². The molecular weight excluding hydrogens is 372 g/mol. The summed E-state index contributed by atoms with van der Waals surface area (Å²) in [5, 5.41) is 5.18. The molecule has 2 aliphatic heterocycles. The lowest BCUT2D eigenvalue weighted by Gasteiger charge is -2.36. The summed E-state index contributed by atoms with van der Waals surface area (Å²) in [6, 6.07) is 4.27. The molecule has 0 spiro atoms. The molecule has 0 aromatic carbocycles. The number of nitrogens with zero attached hydrogens (tertiary/aromatic N) is 3. The van der Waals surface area contributed by atoms with Crippen LogP contribution in [0.1, 0.15) is 24.6 Å². The summed E-state index contributed by atoms with van der Waals surface area (Å²) in [6.45, 7) is 6.86. The molecule has 0 unspecified atom stereocenters. The van der Waals surface area contributed by atoms with E-state index in [0.29, 0.717) is 25.9 Å². The number of hydrogen-bond donors (Lipinski definition) is 1. The number of amides is 2. The highest BCUT2D eigenvalue weighted by Gasteiger charge is 2.29. The number of nitrogens with one attached hydrogen (secondary N) is 1. The Kier molecular flexibility index (Phi) is 6.55. The Balaban J connectivity index is 1.40. The van der Waals surface area contributed by atoms with Crippen molar-refractivity contribution in [1.82, 2.24) is 19.4 Å². The minimum absolute atomic E-state index is 0.0161. The molecule has 3 rings (SSSR count). The number of urea groups is 1. The molecule has 0 atom stereocenters. The molecule has 26 heavy (non-hydrogen) atoms. The molecule has 2 amide bonds. The average Bonchev–Trinajstić information content (AvgIpc) is 3.16. The van der Waals surface area contributed by atoms with Crippen LogP contribution in [-0.2, 0) is 16.6 Å². The van der Waals surface area contributed by atoms with E-state index in [9.17, 15) is 13.2 Å². The van der Waals surface area contributed by atoms with Crippen LogP contribution in [-0.4, -0.2) is 79.6 Å². The van der Waals surface area contributed by atoms with E-state index in [-0.39, 0.29) is 17.8 Å². The van der Waals surface area contributed by atoms with E-state index < -0.39 is 10.0 Å². The highest BCUT2D eigenvalue weighted by Crippen LogP contribution is 2.16. The predicted molar refractivity (Wildman–Crippen MR) is 104 cm³/mol. The molecule has 2 aliphatic rings. The van der Waals surface area contributed by atoms with Crippen LogP contribution < -0.4 is 5.32 Å². The van der Waals surface area contributed by atoms with Gasteiger partial charge in [0, 0.05) is 56.7 Å². The largest absolute Gasteiger partial charge is 0.335 e. The molecule has 0 radical (unpaired) electrons. The number of hydrogen-bond acceptors (Lipinski definition) is 5. The lowest BCUT2D eigenvalue weighted by atomic mass is 10.1. The maximum Gasteiger partial charge on any atom is 0.317 e. The van der Waals surface area contributed by atoms with Crippen LogP contribution >= 0.6 is 11.3 Å². The van der Waals surface area contributed by atoms with E-state index >= 15 is 0 Å². The Bertz CT molecular complexity index is 677. The van der Waals surface area contributed by atoms with Gasteiger partial charge in [-0.1, -0.05) is 6.07 Å². The van der Waals surface area contributed by atoms with Gasteiger partial charge in [0.15, 0.2) is 0 Å². The first-order chi connectivity index (χ1) is 12.5. The second-order valence-corrected chi connectivity index (χ2v) is 10.2. The number of rotatable bonds is 5. The normalized spacial score (nSPS) is 21.0. The molecular formula is C17H28N4O3S2. The van der Waals surface area contributed by atoms with Gasteiger partial charge in [-0.25, -0.2) is 17.5 Å². The van der Waals surface area contributed by atoms with Gasteiger partial charge < -0.3 is 10.2 Å². The Labute approximate surface area is 160 Å². The lowest BCUT2D eigenvalue weighted by Crippen LogP contribution is -2.54. The van der Waals surface area contributed by atoms with Gasteiger partial charge in [-0.15, -0.1) is 11.3 Å². The van der Waals surface area contributed by atoms with Crippen LogP contribution in [0.5, 0.6) is 0 Å². The van der Waals surface area contributed by atoms with Crippen molar-refractivity contribution >= 4 is 27.4 Å². The maximum absolute atomic E-state index is 12.5. The van der Waals surface area contributed by atoms with Crippen LogP contribution in [0, 0.1) is 0 Å².